The number of nitrogens with zero attached hydrogens (tertiary/aromatic N) is 3. The minimum Gasteiger partial charge on any atom is -0.339 e. The summed E-state index contributed by atoms with van der Waals surface area (Å²) in [6.07, 6.45) is 1.83. The molecule has 0 aliphatic rings. The molecular weight excluding hydrogens is 216 g/mol. The molecule has 1 heterocycles. The monoisotopic (exact) mass is 240 g/mol. The Kier molecular flexibility index (Phi) is 4.93. The summed E-state index contributed by atoms with van der Waals surface area (Å²) in [6.45, 7) is 10.7. The molecule has 0 spiro atoms. The van der Waals surface area contributed by atoms with Crippen molar-refractivity contribution in [1.82, 2.24) is 10.1 Å². The van der Waals surface area contributed by atoms with Gasteiger partial charge in [-0.15, -0.1) is 0 Å². The average molecular weight is 240 g/mol. The molecule has 0 aromatic carbocycles. The van der Waals surface area contributed by atoms with E-state index < -0.39 is 0 Å². The third-order valence-corrected chi connectivity index (χ3v) is 3.66. The van der Waals surface area contributed by atoms with Crippen LogP contribution in [-0.4, -0.2) is 29.8 Å². The summed E-state index contributed by atoms with van der Waals surface area (Å²) in [5.74, 6) is 1.34. The molecule has 0 aliphatic carbocycles. The Morgan fingerprint density at radius 1 is 1.18 bits per heavy atom. The van der Waals surface area contributed by atoms with E-state index >= 15 is 0 Å². The van der Waals surface area contributed by atoms with E-state index in [9.17, 15) is 0 Å². The van der Waals surface area contributed by atoms with Crippen LogP contribution in [0, 0.1) is 0 Å². The molecule has 0 radical (unpaired) electrons. The van der Waals surface area contributed by atoms with Gasteiger partial charge < -0.3 is 15.2 Å². The van der Waals surface area contributed by atoms with Crippen LogP contribution in [0.3, 0.4) is 0 Å². The molecule has 0 fully saturated rings. The van der Waals surface area contributed by atoms with Crippen molar-refractivity contribution in [2.75, 3.05) is 24.5 Å². The molecule has 0 saturated carbocycles. The van der Waals surface area contributed by atoms with Gasteiger partial charge in [0.15, 0.2) is 0 Å². The predicted molar refractivity (Wildman–Crippen MR) is 69.2 cm³/mol. The lowest BCUT2D eigenvalue weighted by Gasteiger charge is -2.25. The zero-order chi connectivity index (χ0) is 12.9. The van der Waals surface area contributed by atoms with E-state index in [-0.39, 0.29) is 5.41 Å². The molecule has 1 rings (SSSR count). The maximum absolute atomic E-state index is 5.87. The molecule has 0 bridgehead atoms. The molecule has 1 aromatic heterocycles. The molecule has 2 N–H and O–H groups in total. The van der Waals surface area contributed by atoms with Crippen LogP contribution in [0.5, 0.6) is 0 Å². The number of nitrogens with two attached hydrogens (primary N) is 1. The lowest BCUT2D eigenvalue weighted by molar-refractivity contribution is 0.267. The predicted octanol–water partition coefficient (Wildman–Crippen LogP) is 1.93. The highest BCUT2D eigenvalue weighted by molar-refractivity contribution is 5.28. The molecule has 98 valence electrons. The molecule has 17 heavy (non-hydrogen) atoms. The van der Waals surface area contributed by atoms with Crippen molar-refractivity contribution in [3.05, 3.63) is 5.89 Å². The molecular formula is C12H24N4O. The van der Waals surface area contributed by atoms with E-state index in [0.29, 0.717) is 18.4 Å². The highest BCUT2D eigenvalue weighted by atomic mass is 16.5. The summed E-state index contributed by atoms with van der Waals surface area (Å²) >= 11 is 0. The number of anilines is 1. The Hall–Kier alpha value is -1.10. The first-order valence-corrected chi connectivity index (χ1v) is 6.46. The van der Waals surface area contributed by atoms with Gasteiger partial charge in [0.2, 0.25) is 5.89 Å². The fourth-order valence-electron chi connectivity index (χ4n) is 1.99. The van der Waals surface area contributed by atoms with Crippen LogP contribution in [-0.2, 0) is 5.41 Å². The topological polar surface area (TPSA) is 68.2 Å². The maximum Gasteiger partial charge on any atom is 0.266 e. The van der Waals surface area contributed by atoms with Gasteiger partial charge in [-0.1, -0.05) is 13.8 Å². The standard InChI is InChI=1S/C12H24N4O/c1-5-12(6-2,9-13)10-14-11(15-17-10)16(7-3)8-4/h5-9,13H2,1-4H3. The van der Waals surface area contributed by atoms with Gasteiger partial charge in [-0.05, 0) is 31.8 Å². The van der Waals surface area contributed by atoms with Gasteiger partial charge in [-0.2, -0.15) is 4.98 Å². The van der Waals surface area contributed by atoms with Crippen LogP contribution in [0.4, 0.5) is 5.95 Å². The second kappa shape index (κ2) is 6.00. The molecule has 0 saturated heterocycles. The third kappa shape index (κ3) is 2.60. The Labute approximate surface area is 103 Å². The quantitative estimate of drug-likeness (QED) is 0.788. The Morgan fingerprint density at radius 3 is 2.18 bits per heavy atom. The van der Waals surface area contributed by atoms with E-state index in [1.165, 1.54) is 0 Å². The Morgan fingerprint density at radius 2 is 1.76 bits per heavy atom. The largest absolute Gasteiger partial charge is 0.339 e. The SMILES string of the molecule is CCN(CC)c1noc(C(CC)(CC)CN)n1. The summed E-state index contributed by atoms with van der Waals surface area (Å²) in [4.78, 5) is 6.57. The third-order valence-electron chi connectivity index (χ3n) is 3.66. The van der Waals surface area contributed by atoms with Crippen LogP contribution in [0.1, 0.15) is 46.4 Å². The van der Waals surface area contributed by atoms with Gasteiger partial charge in [0.25, 0.3) is 5.95 Å². The zero-order valence-electron chi connectivity index (χ0n) is 11.4. The molecule has 0 aliphatic heterocycles. The normalized spacial score (nSPS) is 11.8. The lowest BCUT2D eigenvalue weighted by Crippen LogP contribution is -2.34. The molecule has 0 unspecified atom stereocenters. The van der Waals surface area contributed by atoms with Crippen LogP contribution in [0.25, 0.3) is 0 Å². The second-order valence-electron chi connectivity index (χ2n) is 4.26. The smallest absolute Gasteiger partial charge is 0.266 e. The van der Waals surface area contributed by atoms with E-state index in [0.717, 1.165) is 25.9 Å². The van der Waals surface area contributed by atoms with Gasteiger partial charge in [0, 0.05) is 19.6 Å². The fraction of sp³-hybridized carbons (Fsp3) is 0.833. The van der Waals surface area contributed by atoms with Gasteiger partial charge in [0.05, 0.1) is 5.41 Å². The van der Waals surface area contributed by atoms with Crippen LogP contribution >= 0.6 is 0 Å². The minimum atomic E-state index is -0.168. The first kappa shape index (κ1) is 14.0. The summed E-state index contributed by atoms with van der Waals surface area (Å²) in [6, 6.07) is 0. The van der Waals surface area contributed by atoms with E-state index in [1.54, 1.807) is 0 Å². The minimum absolute atomic E-state index is 0.168. The highest BCUT2D eigenvalue weighted by Crippen LogP contribution is 2.30. The summed E-state index contributed by atoms with van der Waals surface area (Å²) < 4.78 is 5.40. The fourth-order valence-corrected chi connectivity index (χ4v) is 1.99. The Balaban J connectivity index is 3.00. The van der Waals surface area contributed by atoms with E-state index in [1.807, 2.05) is 0 Å². The number of aromatic nitrogens is 2. The lowest BCUT2D eigenvalue weighted by atomic mass is 9.82. The van der Waals surface area contributed by atoms with Crippen molar-refractivity contribution >= 4 is 5.95 Å². The zero-order valence-corrected chi connectivity index (χ0v) is 11.4. The van der Waals surface area contributed by atoms with Crippen molar-refractivity contribution in [1.29, 1.82) is 0 Å². The number of hydrogen-bond donors (Lipinski definition) is 1. The van der Waals surface area contributed by atoms with Crippen LogP contribution in [0.2, 0.25) is 0 Å². The van der Waals surface area contributed by atoms with E-state index in [2.05, 4.69) is 42.7 Å². The highest BCUT2D eigenvalue weighted by Gasteiger charge is 2.33. The van der Waals surface area contributed by atoms with Gasteiger partial charge >= 0.3 is 0 Å². The summed E-state index contributed by atoms with van der Waals surface area (Å²) in [5.41, 5.74) is 5.70. The Bertz CT molecular complexity index is 321. The second-order valence-corrected chi connectivity index (χ2v) is 4.26. The number of hydrogen-bond acceptors (Lipinski definition) is 5. The van der Waals surface area contributed by atoms with E-state index in [4.69, 9.17) is 10.3 Å². The first-order valence-electron chi connectivity index (χ1n) is 6.46. The molecule has 5 nitrogen and oxygen atoms in total. The van der Waals surface area contributed by atoms with Gasteiger partial charge in [0.1, 0.15) is 0 Å². The average Bonchev–Trinajstić information content (AvgIpc) is 2.84. The van der Waals surface area contributed by atoms with Crippen molar-refractivity contribution in [2.45, 2.75) is 46.0 Å². The first-order chi connectivity index (χ1) is 8.17. The van der Waals surface area contributed by atoms with Crippen molar-refractivity contribution < 1.29 is 4.52 Å². The molecule has 5 heteroatoms. The molecule has 1 aromatic rings. The molecule has 0 atom stereocenters. The number of rotatable bonds is 7. The van der Waals surface area contributed by atoms with Crippen LogP contribution < -0.4 is 10.6 Å². The van der Waals surface area contributed by atoms with Crippen molar-refractivity contribution in [2.24, 2.45) is 5.73 Å². The summed E-state index contributed by atoms with van der Waals surface area (Å²) in [5, 5.41) is 4.05. The molecule has 0 amide bonds. The van der Waals surface area contributed by atoms with Crippen molar-refractivity contribution in [3.8, 4) is 0 Å². The van der Waals surface area contributed by atoms with Gasteiger partial charge in [-0.3, -0.25) is 0 Å². The summed E-state index contributed by atoms with van der Waals surface area (Å²) in [7, 11) is 0. The van der Waals surface area contributed by atoms with Crippen LogP contribution in [0.15, 0.2) is 4.52 Å². The van der Waals surface area contributed by atoms with Gasteiger partial charge in [-0.25, -0.2) is 0 Å². The maximum atomic E-state index is 5.87. The van der Waals surface area contributed by atoms with Crippen molar-refractivity contribution in [3.63, 3.8) is 0 Å².